The van der Waals surface area contributed by atoms with Crippen molar-refractivity contribution >= 4 is 41.7 Å². The van der Waals surface area contributed by atoms with E-state index in [0.29, 0.717) is 41.9 Å². The van der Waals surface area contributed by atoms with Gasteiger partial charge in [0.15, 0.2) is 0 Å². The third-order valence-electron chi connectivity index (χ3n) is 9.83. The van der Waals surface area contributed by atoms with E-state index in [1.807, 2.05) is 43.3 Å². The lowest BCUT2D eigenvalue weighted by Gasteiger charge is -2.18. The first-order valence-electron chi connectivity index (χ1n) is 21.8. The van der Waals surface area contributed by atoms with Gasteiger partial charge in [-0.3, -0.25) is 24.0 Å². The van der Waals surface area contributed by atoms with Gasteiger partial charge in [-0.15, -0.1) is 0 Å². The number of aromatic carboxylic acids is 2. The molecular weight excluding hydrogens is 971 g/mol. The Kier molecular flexibility index (Phi) is 27.1. The fourth-order valence-electron chi connectivity index (χ4n) is 6.01. The number of ether oxygens (including phenoxy) is 2. The fraction of sp³-hybridized carbons (Fsp3) is 0.288. The summed E-state index contributed by atoms with van der Waals surface area (Å²) in [4.78, 5) is 74.5. The molecule has 0 radical (unpaired) electrons. The van der Waals surface area contributed by atoms with E-state index >= 15 is 0 Å². The van der Waals surface area contributed by atoms with Gasteiger partial charge in [0.2, 0.25) is 0 Å². The van der Waals surface area contributed by atoms with Gasteiger partial charge in [-0.1, -0.05) is 61.0 Å². The van der Waals surface area contributed by atoms with Gasteiger partial charge in [0.25, 0.3) is 5.91 Å². The Bertz CT molecular complexity index is 2600. The lowest BCUT2D eigenvalue weighted by molar-refractivity contribution is -0.140. The average Bonchev–Trinajstić information content (AvgIpc) is 3.31. The number of benzene rings is 5. The molecule has 0 bridgehead atoms. The molecule has 73 heavy (non-hydrogen) atoms. The second-order valence-electron chi connectivity index (χ2n) is 15.8. The van der Waals surface area contributed by atoms with E-state index in [9.17, 15) is 51.1 Å². The molecule has 0 aliphatic carbocycles. The Balaban J connectivity index is 0.000000472. The van der Waals surface area contributed by atoms with Crippen LogP contribution in [0.15, 0.2) is 109 Å². The molecule has 2 atom stereocenters. The molecule has 1 amide bonds. The molecule has 5 aromatic carbocycles. The zero-order valence-corrected chi connectivity index (χ0v) is 40.3. The molecule has 0 heterocycles. The van der Waals surface area contributed by atoms with Crippen LogP contribution in [0.4, 0.5) is 17.6 Å². The third-order valence-corrected chi connectivity index (χ3v) is 9.83. The van der Waals surface area contributed by atoms with Gasteiger partial charge < -0.3 is 50.5 Å². The number of carbonyl (C=O) groups is 7. The van der Waals surface area contributed by atoms with Crippen molar-refractivity contribution in [2.24, 2.45) is 5.92 Å². The average molecular weight is 1030 g/mol. The monoisotopic (exact) mass is 1030 g/mol. The molecule has 17 nitrogen and oxygen atoms in total. The summed E-state index contributed by atoms with van der Waals surface area (Å²) in [5.41, 5.74) is 2.13. The third kappa shape index (κ3) is 25.3. The predicted octanol–water partition coefficient (Wildman–Crippen LogP) is 9.96. The Hall–Kier alpha value is -8.49. The molecule has 0 saturated carbocycles. The molecule has 0 aliphatic rings. The van der Waals surface area contributed by atoms with Gasteiger partial charge in [-0.25, -0.2) is 14.0 Å². The number of rotatable bonds is 18. The summed E-state index contributed by atoms with van der Waals surface area (Å²) in [5, 5.41) is 62.8. The van der Waals surface area contributed by atoms with Gasteiger partial charge in [0.1, 0.15) is 28.6 Å². The smallest absolute Gasteiger partial charge is 0.416 e. The van der Waals surface area contributed by atoms with Crippen molar-refractivity contribution in [2.75, 3.05) is 14.2 Å². The number of alkyl halides is 3. The molecule has 0 aliphatic heterocycles. The second-order valence-corrected chi connectivity index (χ2v) is 15.8. The first-order valence-corrected chi connectivity index (χ1v) is 21.8. The van der Waals surface area contributed by atoms with Crippen molar-refractivity contribution in [3.63, 3.8) is 0 Å². The van der Waals surface area contributed by atoms with Crippen molar-refractivity contribution in [2.45, 2.75) is 77.9 Å². The van der Waals surface area contributed by atoms with Crippen LogP contribution in [0, 0.1) is 25.6 Å². The highest BCUT2D eigenvalue weighted by Gasteiger charge is 2.31. The number of aromatic hydroxyl groups is 1. The van der Waals surface area contributed by atoms with Gasteiger partial charge in [0, 0.05) is 24.8 Å². The molecule has 0 saturated heterocycles. The van der Waals surface area contributed by atoms with Crippen molar-refractivity contribution in [1.29, 1.82) is 0 Å². The number of amides is 1. The number of carboxylic acid groups (broad SMARTS) is 6. The van der Waals surface area contributed by atoms with Crippen LogP contribution in [0.5, 0.6) is 17.2 Å². The Morgan fingerprint density at radius 3 is 1.66 bits per heavy atom. The summed E-state index contributed by atoms with van der Waals surface area (Å²) in [6, 6.07) is 26.9. The number of para-hydroxylation sites is 1. The largest absolute Gasteiger partial charge is 0.507 e. The summed E-state index contributed by atoms with van der Waals surface area (Å²) in [6.07, 6.45) is -2.73. The van der Waals surface area contributed by atoms with Crippen LogP contribution in [0.2, 0.25) is 0 Å². The molecule has 8 N–H and O–H groups in total. The van der Waals surface area contributed by atoms with Crippen molar-refractivity contribution in [3.8, 4) is 17.2 Å². The summed E-state index contributed by atoms with van der Waals surface area (Å²) in [6.45, 7) is 5.45. The van der Waals surface area contributed by atoms with Crippen LogP contribution < -0.4 is 14.8 Å². The van der Waals surface area contributed by atoms with E-state index in [2.05, 4.69) is 5.32 Å². The molecule has 5 aromatic rings. The van der Waals surface area contributed by atoms with Crippen LogP contribution in [-0.4, -0.2) is 91.7 Å². The fourth-order valence-corrected chi connectivity index (χ4v) is 6.01. The number of methoxy groups -OCH3 is 2. The molecule has 394 valence electrons. The maximum Gasteiger partial charge on any atom is 0.416 e. The number of phenols is 1. The summed E-state index contributed by atoms with van der Waals surface area (Å²) < 4.78 is 59.0. The standard InChI is InChI=1S/C18H19NO4.C11H14O3.C8H4F4O2.C8H8O3.C7H12O4/c1-12-3-5-14(6-4-12)18(22)19-16(11-17(20)21)13-7-9-15(23-2)10-8-13;1-14-10-7-3-2-5-9(10)6-4-8-11(12)13;9-6-3-4(8(10,11)12)1-2-5(6)7(13)14;1-5-2-3-6(8(10)11)7(9)4-5;1-5(4-7(10)11)2-3-6(8)9/h3-10,16H,11H2,1-2H3,(H,19,22)(H,20,21);2-3,5,7H,4,6,8H2,1H3,(H,12,13);1-3H,(H,13,14);2-4,9H,1H3,(H,10,11);5H,2-4H2,1H3,(H,8,9)(H,10,11). The number of hydrogen-bond donors (Lipinski definition) is 8. The van der Waals surface area contributed by atoms with Crippen molar-refractivity contribution < 1.29 is 96.3 Å². The van der Waals surface area contributed by atoms with Crippen LogP contribution in [0.1, 0.15) is 110 Å². The highest BCUT2D eigenvalue weighted by atomic mass is 19.4. The van der Waals surface area contributed by atoms with Gasteiger partial charge in [-0.05, 0) is 116 Å². The summed E-state index contributed by atoms with van der Waals surface area (Å²) in [7, 11) is 3.18. The van der Waals surface area contributed by atoms with E-state index in [-0.39, 0.29) is 54.9 Å². The number of carbonyl (C=O) groups excluding carboxylic acids is 1. The van der Waals surface area contributed by atoms with E-state index in [4.69, 9.17) is 45.2 Å². The maximum absolute atomic E-state index is 12.8. The van der Waals surface area contributed by atoms with E-state index in [0.717, 1.165) is 28.9 Å². The van der Waals surface area contributed by atoms with E-state index in [1.165, 1.54) is 12.1 Å². The molecule has 2 unspecified atom stereocenters. The number of carboxylic acids is 6. The Morgan fingerprint density at radius 1 is 0.630 bits per heavy atom. The minimum Gasteiger partial charge on any atom is -0.507 e. The van der Waals surface area contributed by atoms with E-state index in [1.54, 1.807) is 70.5 Å². The molecule has 5 rings (SSSR count). The predicted molar refractivity (Wildman–Crippen MR) is 257 cm³/mol. The van der Waals surface area contributed by atoms with Gasteiger partial charge >= 0.3 is 42.0 Å². The van der Waals surface area contributed by atoms with Gasteiger partial charge in [-0.2, -0.15) is 13.2 Å². The summed E-state index contributed by atoms with van der Waals surface area (Å²) >= 11 is 0. The molecule has 0 spiro atoms. The lowest BCUT2D eigenvalue weighted by atomic mass is 10.0. The van der Waals surface area contributed by atoms with Crippen LogP contribution in [-0.2, 0) is 31.8 Å². The second kappa shape index (κ2) is 31.7. The van der Waals surface area contributed by atoms with Crippen LogP contribution in [0.25, 0.3) is 0 Å². The zero-order chi connectivity index (χ0) is 55.4. The van der Waals surface area contributed by atoms with E-state index < -0.39 is 65.0 Å². The number of aliphatic carboxylic acids is 4. The van der Waals surface area contributed by atoms with Crippen LogP contribution >= 0.6 is 0 Å². The first-order chi connectivity index (χ1) is 34.2. The number of hydrogen-bond acceptors (Lipinski definition) is 10. The van der Waals surface area contributed by atoms with Crippen LogP contribution in [0.3, 0.4) is 0 Å². The minimum absolute atomic E-state index is 0.0489. The minimum atomic E-state index is -4.67. The van der Waals surface area contributed by atoms with Crippen molar-refractivity contribution in [1.82, 2.24) is 5.32 Å². The lowest BCUT2D eigenvalue weighted by Crippen LogP contribution is -2.30. The quantitative estimate of drug-likeness (QED) is 0.0379. The first kappa shape index (κ1) is 62.5. The Labute approximate surface area is 417 Å². The maximum atomic E-state index is 12.8. The number of nitrogens with one attached hydrogen (secondary N) is 1. The zero-order valence-electron chi connectivity index (χ0n) is 40.3. The topological polar surface area (TPSA) is 292 Å². The summed E-state index contributed by atoms with van der Waals surface area (Å²) in [5.74, 6) is -6.61. The SMILES string of the molecule is CC(CCC(=O)O)CC(=O)O.COc1ccc(C(CC(=O)O)NC(=O)c2ccc(C)cc2)cc1.COc1ccccc1CCCC(=O)O.Cc1ccc(C(=O)O)c(O)c1.O=C(O)c1ccc(C(F)(F)F)cc1F. The molecular formula is C52H57F4NO16. The number of halogens is 4. The highest BCUT2D eigenvalue weighted by molar-refractivity contribution is 5.94. The highest BCUT2D eigenvalue weighted by Crippen LogP contribution is 2.30. The molecule has 21 heteroatoms. The Morgan fingerprint density at radius 2 is 1.18 bits per heavy atom. The normalized spacial score (nSPS) is 11.0. The van der Waals surface area contributed by atoms with Gasteiger partial charge in [0.05, 0.1) is 37.8 Å². The van der Waals surface area contributed by atoms with Crippen molar-refractivity contribution in [3.05, 3.63) is 160 Å². The number of aryl methyl sites for hydroxylation is 3. The molecule has 0 fully saturated rings. The molecule has 0 aromatic heterocycles.